The van der Waals surface area contributed by atoms with Gasteiger partial charge < -0.3 is 4.74 Å². The molecule has 17 heavy (non-hydrogen) atoms. The molecule has 1 aliphatic heterocycles. The van der Waals surface area contributed by atoms with E-state index in [0.717, 1.165) is 19.6 Å². The van der Waals surface area contributed by atoms with Gasteiger partial charge in [-0.2, -0.15) is 0 Å². The smallest absolute Gasteiger partial charge is 0.193 e. The summed E-state index contributed by atoms with van der Waals surface area (Å²) in [6.07, 6.45) is 0. The van der Waals surface area contributed by atoms with E-state index in [2.05, 4.69) is 22.6 Å². The maximum Gasteiger partial charge on any atom is 0.193 e. The van der Waals surface area contributed by atoms with Crippen LogP contribution in [0.4, 0.5) is 0 Å². The number of carbonyl (C=O) groups excluding carboxylic acids is 1. The van der Waals surface area contributed by atoms with Crippen LogP contribution in [-0.4, -0.2) is 5.78 Å². The van der Waals surface area contributed by atoms with Crippen molar-refractivity contribution in [2.75, 3.05) is 0 Å². The monoisotopic (exact) mass is 356 g/mol. The van der Waals surface area contributed by atoms with Gasteiger partial charge in [-0.3, -0.25) is 4.79 Å². The molecule has 2 heterocycles. The van der Waals surface area contributed by atoms with Crippen LogP contribution in [0.2, 0.25) is 0 Å². The molecular weight excluding hydrogens is 347 g/mol. The Labute approximate surface area is 117 Å². The van der Waals surface area contributed by atoms with Crippen molar-refractivity contribution in [3.8, 4) is 0 Å². The minimum absolute atomic E-state index is 0.0962. The molecule has 0 saturated heterocycles. The Morgan fingerprint density at radius 1 is 1.18 bits per heavy atom. The average molecular weight is 356 g/mol. The standard InChI is InChI=1S/C13H9IO2S/c14-12-4-11(7-17-12)13(15)8-1-2-9-5-16-6-10(9)3-8/h1-4,7H,5-6H2. The van der Waals surface area contributed by atoms with E-state index in [-0.39, 0.29) is 5.78 Å². The van der Waals surface area contributed by atoms with Crippen LogP contribution in [0.3, 0.4) is 0 Å². The minimum Gasteiger partial charge on any atom is -0.372 e. The number of hydrogen-bond donors (Lipinski definition) is 0. The largest absolute Gasteiger partial charge is 0.372 e. The quantitative estimate of drug-likeness (QED) is 0.607. The fraction of sp³-hybridized carbons (Fsp3) is 0.154. The summed E-state index contributed by atoms with van der Waals surface area (Å²) in [5.74, 6) is 0.0962. The van der Waals surface area contributed by atoms with E-state index >= 15 is 0 Å². The molecule has 86 valence electrons. The van der Waals surface area contributed by atoms with Gasteiger partial charge in [0.2, 0.25) is 0 Å². The van der Waals surface area contributed by atoms with Crippen molar-refractivity contribution in [2.45, 2.75) is 13.2 Å². The molecule has 0 bridgehead atoms. The highest BCUT2D eigenvalue weighted by molar-refractivity contribution is 14.1. The van der Waals surface area contributed by atoms with Crippen molar-refractivity contribution in [1.29, 1.82) is 0 Å². The first kappa shape index (κ1) is 11.4. The Kier molecular flexibility index (Phi) is 3.02. The maximum absolute atomic E-state index is 12.2. The molecule has 0 aliphatic carbocycles. The molecule has 2 aromatic rings. The van der Waals surface area contributed by atoms with E-state index < -0.39 is 0 Å². The molecule has 0 spiro atoms. The summed E-state index contributed by atoms with van der Waals surface area (Å²) in [6.45, 7) is 1.29. The van der Waals surface area contributed by atoms with Crippen LogP contribution in [-0.2, 0) is 18.0 Å². The third kappa shape index (κ3) is 2.17. The van der Waals surface area contributed by atoms with Crippen LogP contribution in [0.1, 0.15) is 27.0 Å². The van der Waals surface area contributed by atoms with E-state index in [9.17, 15) is 4.79 Å². The first-order chi connectivity index (χ1) is 8.24. The SMILES string of the molecule is O=C(c1csc(I)c1)c1ccc2c(c1)COC2. The van der Waals surface area contributed by atoms with Crippen molar-refractivity contribution in [2.24, 2.45) is 0 Å². The zero-order valence-corrected chi connectivity index (χ0v) is 11.9. The lowest BCUT2D eigenvalue weighted by molar-refractivity contribution is 0.103. The third-order valence-corrected chi connectivity index (χ3v) is 4.60. The van der Waals surface area contributed by atoms with Gasteiger partial charge in [-0.25, -0.2) is 0 Å². The van der Waals surface area contributed by atoms with Gasteiger partial charge in [-0.1, -0.05) is 12.1 Å². The first-order valence-corrected chi connectivity index (χ1v) is 7.18. The fourth-order valence-electron chi connectivity index (χ4n) is 1.91. The lowest BCUT2D eigenvalue weighted by Gasteiger charge is -2.01. The van der Waals surface area contributed by atoms with Gasteiger partial charge in [0.1, 0.15) is 0 Å². The minimum atomic E-state index is 0.0962. The molecule has 3 rings (SSSR count). The molecule has 0 unspecified atom stereocenters. The summed E-state index contributed by atoms with van der Waals surface area (Å²) < 4.78 is 6.48. The summed E-state index contributed by atoms with van der Waals surface area (Å²) in [4.78, 5) is 12.2. The zero-order chi connectivity index (χ0) is 11.8. The van der Waals surface area contributed by atoms with Crippen LogP contribution in [0.25, 0.3) is 0 Å². The van der Waals surface area contributed by atoms with Gasteiger partial charge in [-0.15, -0.1) is 11.3 Å². The zero-order valence-electron chi connectivity index (χ0n) is 8.90. The Morgan fingerprint density at radius 3 is 2.76 bits per heavy atom. The van der Waals surface area contributed by atoms with Crippen LogP contribution in [0.15, 0.2) is 29.6 Å². The molecule has 0 radical (unpaired) electrons. The molecule has 0 atom stereocenters. The van der Waals surface area contributed by atoms with Crippen LogP contribution in [0.5, 0.6) is 0 Å². The number of carbonyl (C=O) groups is 1. The van der Waals surface area contributed by atoms with Crippen molar-refractivity contribution >= 4 is 39.7 Å². The van der Waals surface area contributed by atoms with Crippen molar-refractivity contribution in [1.82, 2.24) is 0 Å². The van der Waals surface area contributed by atoms with Gasteiger partial charge >= 0.3 is 0 Å². The van der Waals surface area contributed by atoms with E-state index in [1.807, 2.05) is 29.6 Å². The lowest BCUT2D eigenvalue weighted by atomic mass is 10.0. The number of rotatable bonds is 2. The second-order valence-corrected chi connectivity index (χ2v) is 6.75. The van der Waals surface area contributed by atoms with Crippen molar-refractivity contribution < 1.29 is 9.53 Å². The predicted octanol–water partition coefficient (Wildman–Crippen LogP) is 3.61. The van der Waals surface area contributed by atoms with Crippen LogP contribution in [0, 0.1) is 2.88 Å². The Morgan fingerprint density at radius 2 is 2.00 bits per heavy atom. The molecule has 4 heteroatoms. The number of fused-ring (bicyclic) bond motifs is 1. The van der Waals surface area contributed by atoms with Gasteiger partial charge in [-0.05, 0) is 45.9 Å². The molecule has 0 saturated carbocycles. The Bertz CT molecular complexity index is 589. The summed E-state index contributed by atoms with van der Waals surface area (Å²) in [6, 6.07) is 7.76. The van der Waals surface area contributed by atoms with Crippen LogP contribution >= 0.6 is 33.9 Å². The summed E-state index contributed by atoms with van der Waals surface area (Å²) in [5, 5.41) is 1.91. The summed E-state index contributed by atoms with van der Waals surface area (Å²) in [5.41, 5.74) is 3.86. The van der Waals surface area contributed by atoms with E-state index in [1.165, 1.54) is 5.56 Å². The van der Waals surface area contributed by atoms with Gasteiger partial charge in [0, 0.05) is 16.5 Å². The third-order valence-electron chi connectivity index (χ3n) is 2.81. The van der Waals surface area contributed by atoms with Crippen molar-refractivity contribution in [3.05, 3.63) is 54.8 Å². The number of hydrogen-bond acceptors (Lipinski definition) is 3. The second-order valence-electron chi connectivity index (χ2n) is 3.94. The molecule has 0 fully saturated rings. The molecule has 2 nitrogen and oxygen atoms in total. The van der Waals surface area contributed by atoms with Gasteiger partial charge in [0.15, 0.2) is 5.78 Å². The lowest BCUT2D eigenvalue weighted by Crippen LogP contribution is -2.00. The predicted molar refractivity (Wildman–Crippen MR) is 75.4 cm³/mol. The second kappa shape index (κ2) is 4.51. The summed E-state index contributed by atoms with van der Waals surface area (Å²) >= 11 is 3.82. The van der Waals surface area contributed by atoms with Crippen molar-refractivity contribution in [3.63, 3.8) is 0 Å². The normalized spacial score (nSPS) is 13.7. The molecule has 1 aliphatic rings. The Hall–Kier alpha value is -0.720. The number of thiophene rings is 1. The number of ether oxygens (including phenoxy) is 1. The molecule has 1 aromatic heterocycles. The molecule has 0 amide bonds. The molecular formula is C13H9IO2S. The highest BCUT2D eigenvalue weighted by Gasteiger charge is 2.16. The number of halogens is 1. The van der Waals surface area contributed by atoms with Gasteiger partial charge in [0.05, 0.1) is 16.1 Å². The highest BCUT2D eigenvalue weighted by Crippen LogP contribution is 2.24. The maximum atomic E-state index is 12.2. The molecule has 1 aromatic carbocycles. The number of ketones is 1. The summed E-state index contributed by atoms with van der Waals surface area (Å²) in [7, 11) is 0. The average Bonchev–Trinajstić information content (AvgIpc) is 2.95. The van der Waals surface area contributed by atoms with E-state index in [0.29, 0.717) is 13.2 Å². The van der Waals surface area contributed by atoms with Crippen LogP contribution < -0.4 is 0 Å². The topological polar surface area (TPSA) is 26.3 Å². The van der Waals surface area contributed by atoms with E-state index in [1.54, 1.807) is 11.3 Å². The van der Waals surface area contributed by atoms with Gasteiger partial charge in [0.25, 0.3) is 0 Å². The first-order valence-electron chi connectivity index (χ1n) is 5.22. The Balaban J connectivity index is 1.97. The number of benzene rings is 1. The molecule has 0 N–H and O–H groups in total. The highest BCUT2D eigenvalue weighted by atomic mass is 127. The van der Waals surface area contributed by atoms with E-state index in [4.69, 9.17) is 4.74 Å². The fourth-order valence-corrected chi connectivity index (χ4v) is 3.24.